The van der Waals surface area contributed by atoms with Gasteiger partial charge in [-0.05, 0) is 30.6 Å². The predicted molar refractivity (Wildman–Crippen MR) is 82.2 cm³/mol. The van der Waals surface area contributed by atoms with Crippen LogP contribution in [0.2, 0.25) is 0 Å². The molecule has 0 aliphatic carbocycles. The van der Waals surface area contributed by atoms with Crippen LogP contribution in [0.15, 0.2) is 35.6 Å². The molecule has 0 amide bonds. The van der Waals surface area contributed by atoms with Gasteiger partial charge in [0, 0.05) is 30.4 Å². The van der Waals surface area contributed by atoms with Crippen molar-refractivity contribution in [3.8, 4) is 0 Å². The van der Waals surface area contributed by atoms with Gasteiger partial charge in [-0.2, -0.15) is 0 Å². The minimum Gasteiger partial charge on any atom is -0.409 e. The number of oxime groups is 1. The van der Waals surface area contributed by atoms with E-state index in [-0.39, 0.29) is 5.84 Å². The lowest BCUT2D eigenvalue weighted by atomic mass is 10.1. The fourth-order valence-corrected chi connectivity index (χ4v) is 2.38. The number of amidine groups is 1. The summed E-state index contributed by atoms with van der Waals surface area (Å²) in [6, 6.07) is 7.92. The smallest absolute Gasteiger partial charge is 0.170 e. The molecule has 0 atom stereocenters. The quantitative estimate of drug-likeness (QED) is 0.367. The van der Waals surface area contributed by atoms with Crippen LogP contribution in [-0.2, 0) is 6.54 Å². The molecule has 20 heavy (non-hydrogen) atoms. The van der Waals surface area contributed by atoms with E-state index in [4.69, 9.17) is 10.9 Å². The molecular formula is C15H22N4O. The van der Waals surface area contributed by atoms with Gasteiger partial charge >= 0.3 is 0 Å². The van der Waals surface area contributed by atoms with Gasteiger partial charge in [0.05, 0.1) is 0 Å². The van der Waals surface area contributed by atoms with E-state index >= 15 is 0 Å². The lowest BCUT2D eigenvalue weighted by molar-refractivity contribution is 0.292. The molecule has 2 rings (SSSR count). The number of nitrogens with two attached hydrogens (primary N) is 1. The number of rotatable bonds is 6. The van der Waals surface area contributed by atoms with Gasteiger partial charge in [0.15, 0.2) is 5.84 Å². The van der Waals surface area contributed by atoms with Gasteiger partial charge in [-0.3, -0.25) is 0 Å². The minimum absolute atomic E-state index is 0.142. The van der Waals surface area contributed by atoms with Gasteiger partial charge in [-0.25, -0.2) is 0 Å². The summed E-state index contributed by atoms with van der Waals surface area (Å²) < 4.78 is 2.21. The first kappa shape index (κ1) is 14.4. The molecule has 0 aliphatic rings. The molecule has 0 spiro atoms. The van der Waals surface area contributed by atoms with E-state index in [0.717, 1.165) is 37.3 Å². The van der Waals surface area contributed by atoms with Crippen LogP contribution in [-0.4, -0.2) is 40.1 Å². The highest BCUT2D eigenvalue weighted by atomic mass is 16.4. The number of hydrogen-bond donors (Lipinski definition) is 2. The lowest BCUT2D eigenvalue weighted by Crippen LogP contribution is -2.26. The molecule has 108 valence electrons. The molecule has 0 unspecified atom stereocenters. The lowest BCUT2D eigenvalue weighted by Gasteiger charge is -2.18. The molecule has 2 aromatic rings. The van der Waals surface area contributed by atoms with Crippen molar-refractivity contribution in [1.29, 1.82) is 0 Å². The first-order valence-electron chi connectivity index (χ1n) is 6.98. The average molecular weight is 274 g/mol. The summed E-state index contributed by atoms with van der Waals surface area (Å²) in [6.07, 6.45) is 2.09. The second-order valence-electron chi connectivity index (χ2n) is 4.79. The molecule has 0 aliphatic heterocycles. The third-order valence-electron chi connectivity index (χ3n) is 3.73. The maximum atomic E-state index is 8.77. The average Bonchev–Trinajstić information content (AvgIpc) is 2.90. The second-order valence-corrected chi connectivity index (χ2v) is 4.79. The summed E-state index contributed by atoms with van der Waals surface area (Å²) in [5.41, 5.74) is 7.50. The van der Waals surface area contributed by atoms with Crippen molar-refractivity contribution in [2.75, 3.05) is 19.6 Å². The first-order chi connectivity index (χ1) is 9.69. The molecule has 0 bridgehead atoms. The van der Waals surface area contributed by atoms with Crippen LogP contribution in [0, 0.1) is 0 Å². The normalized spacial score (nSPS) is 12.4. The predicted octanol–water partition coefficient (Wildman–Crippen LogP) is 2.08. The van der Waals surface area contributed by atoms with Gasteiger partial charge in [-0.1, -0.05) is 31.1 Å². The fraction of sp³-hybridized carbons (Fsp3) is 0.400. The van der Waals surface area contributed by atoms with E-state index in [0.29, 0.717) is 0 Å². The number of aromatic nitrogens is 1. The molecule has 0 saturated heterocycles. The Balaban J connectivity index is 2.25. The van der Waals surface area contributed by atoms with Crippen molar-refractivity contribution in [3.05, 3.63) is 36.0 Å². The Morgan fingerprint density at radius 3 is 2.70 bits per heavy atom. The third-order valence-corrected chi connectivity index (χ3v) is 3.73. The van der Waals surface area contributed by atoms with Gasteiger partial charge in [0.25, 0.3) is 0 Å². The van der Waals surface area contributed by atoms with Crippen LogP contribution < -0.4 is 5.73 Å². The largest absolute Gasteiger partial charge is 0.409 e. The molecule has 5 nitrogen and oxygen atoms in total. The Morgan fingerprint density at radius 2 is 2.05 bits per heavy atom. The van der Waals surface area contributed by atoms with E-state index in [1.165, 1.54) is 5.39 Å². The topological polar surface area (TPSA) is 66.8 Å². The van der Waals surface area contributed by atoms with Crippen LogP contribution in [0.4, 0.5) is 0 Å². The fourth-order valence-electron chi connectivity index (χ4n) is 2.38. The van der Waals surface area contributed by atoms with Crippen LogP contribution >= 0.6 is 0 Å². The summed E-state index contributed by atoms with van der Waals surface area (Å²) in [6.45, 7) is 8.42. The zero-order valence-corrected chi connectivity index (χ0v) is 12.1. The number of benzene rings is 1. The van der Waals surface area contributed by atoms with Gasteiger partial charge in [0.2, 0.25) is 0 Å². The first-order valence-corrected chi connectivity index (χ1v) is 6.98. The van der Waals surface area contributed by atoms with Gasteiger partial charge in [-0.15, -0.1) is 0 Å². The van der Waals surface area contributed by atoms with Crippen LogP contribution in [0.1, 0.15) is 19.4 Å². The summed E-state index contributed by atoms with van der Waals surface area (Å²) in [5.74, 6) is 0.142. The molecule has 1 aromatic heterocycles. The highest BCUT2D eigenvalue weighted by Gasteiger charge is 2.06. The zero-order valence-electron chi connectivity index (χ0n) is 12.1. The molecule has 5 heteroatoms. The van der Waals surface area contributed by atoms with E-state index in [1.54, 1.807) is 0 Å². The molecular weight excluding hydrogens is 252 g/mol. The molecule has 0 saturated carbocycles. The van der Waals surface area contributed by atoms with Gasteiger partial charge in [0.1, 0.15) is 0 Å². The van der Waals surface area contributed by atoms with Crippen molar-refractivity contribution < 1.29 is 5.21 Å². The van der Waals surface area contributed by atoms with Crippen molar-refractivity contribution in [2.45, 2.75) is 20.4 Å². The second kappa shape index (κ2) is 6.43. The summed E-state index contributed by atoms with van der Waals surface area (Å²) in [4.78, 5) is 2.39. The van der Waals surface area contributed by atoms with Crippen molar-refractivity contribution in [3.63, 3.8) is 0 Å². The van der Waals surface area contributed by atoms with Gasteiger partial charge < -0.3 is 20.4 Å². The summed E-state index contributed by atoms with van der Waals surface area (Å²) in [5, 5.41) is 13.0. The van der Waals surface area contributed by atoms with Crippen LogP contribution in [0.3, 0.4) is 0 Å². The van der Waals surface area contributed by atoms with E-state index < -0.39 is 0 Å². The molecule has 3 N–H and O–H groups in total. The maximum absolute atomic E-state index is 8.77. The molecule has 1 aromatic carbocycles. The Labute approximate surface area is 119 Å². The Bertz CT molecular complexity index is 599. The highest BCUT2D eigenvalue weighted by molar-refractivity contribution is 6.00. The van der Waals surface area contributed by atoms with E-state index in [2.05, 4.69) is 40.7 Å². The monoisotopic (exact) mass is 274 g/mol. The third kappa shape index (κ3) is 2.93. The molecule has 1 heterocycles. The van der Waals surface area contributed by atoms with Crippen molar-refractivity contribution in [1.82, 2.24) is 9.47 Å². The minimum atomic E-state index is 0.142. The van der Waals surface area contributed by atoms with Crippen LogP contribution in [0.25, 0.3) is 10.9 Å². The Hall–Kier alpha value is -2.01. The van der Waals surface area contributed by atoms with E-state index in [1.807, 2.05) is 18.2 Å². The van der Waals surface area contributed by atoms with E-state index in [9.17, 15) is 0 Å². The summed E-state index contributed by atoms with van der Waals surface area (Å²) >= 11 is 0. The number of nitrogens with zero attached hydrogens (tertiary/aromatic N) is 3. The number of fused-ring (bicyclic) bond motifs is 1. The Morgan fingerprint density at radius 1 is 1.30 bits per heavy atom. The molecule has 0 fully saturated rings. The standard InChI is InChI=1S/C15H22N4O/c1-3-18(4-2)9-10-19-8-7-12-5-6-13(11-14(12)19)15(16)17-20/h5-8,11,20H,3-4,9-10H2,1-2H3,(H2,16,17). The molecule has 0 radical (unpaired) electrons. The summed E-state index contributed by atoms with van der Waals surface area (Å²) in [7, 11) is 0. The Kier molecular flexibility index (Phi) is 4.63. The maximum Gasteiger partial charge on any atom is 0.170 e. The zero-order chi connectivity index (χ0) is 14.5. The SMILES string of the molecule is CCN(CC)CCn1ccc2ccc(/C(N)=N/O)cc21. The number of likely N-dealkylation sites (N-methyl/N-ethyl adjacent to an activating group) is 1. The van der Waals surface area contributed by atoms with Crippen molar-refractivity contribution in [2.24, 2.45) is 10.9 Å². The van der Waals surface area contributed by atoms with Crippen LogP contribution in [0.5, 0.6) is 0 Å². The highest BCUT2D eigenvalue weighted by Crippen LogP contribution is 2.17. The number of hydrogen-bond acceptors (Lipinski definition) is 3. The van der Waals surface area contributed by atoms with Crippen molar-refractivity contribution >= 4 is 16.7 Å².